The summed E-state index contributed by atoms with van der Waals surface area (Å²) in [6.45, 7) is 4.38. The summed E-state index contributed by atoms with van der Waals surface area (Å²) in [5, 5.41) is 18.8. The molecule has 1 atom stereocenters. The topological polar surface area (TPSA) is 191 Å². The molecule has 12 nitrogen and oxygen atoms in total. The first kappa shape index (κ1) is 25.2. The number of carbonyl (C=O) groups is 2. The van der Waals surface area contributed by atoms with Crippen molar-refractivity contribution >= 4 is 46.0 Å². The monoisotopic (exact) mass is 513 g/mol. The molecule has 1 aliphatic heterocycles. The number of nitrogen functional groups attached to an aromatic ring is 1. The number of aromatic nitrogens is 4. The largest absolute Gasteiger partial charge is 0.481 e. The number of amides is 1. The van der Waals surface area contributed by atoms with Crippen LogP contribution in [0.3, 0.4) is 0 Å². The predicted molar refractivity (Wildman–Crippen MR) is 136 cm³/mol. The fourth-order valence-electron chi connectivity index (χ4n) is 4.18. The number of aryl methyl sites for hydroxylation is 1. The van der Waals surface area contributed by atoms with Crippen LogP contribution < -0.4 is 22.6 Å². The zero-order valence-electron chi connectivity index (χ0n) is 20.0. The van der Waals surface area contributed by atoms with Gasteiger partial charge in [0.15, 0.2) is 5.82 Å². The Bertz CT molecular complexity index is 1390. The number of fused-ring (bicyclic) bond motifs is 2. The summed E-state index contributed by atoms with van der Waals surface area (Å²) in [5.74, 6) is 4.92. The molecule has 4 rings (SSSR count). The van der Waals surface area contributed by atoms with Gasteiger partial charge in [0.05, 0.1) is 17.5 Å². The lowest BCUT2D eigenvalue weighted by Gasteiger charge is -2.25. The zero-order valence-corrected chi connectivity index (χ0v) is 20.7. The average Bonchev–Trinajstić information content (AvgIpc) is 3.31. The number of halogens is 1. The molecule has 1 unspecified atom stereocenters. The molecule has 1 amide bonds. The van der Waals surface area contributed by atoms with Gasteiger partial charge in [0.1, 0.15) is 22.7 Å². The summed E-state index contributed by atoms with van der Waals surface area (Å²) < 4.78 is 1.86. The standard InChI is InChI=1S/C23H28ClN9O3/c1-3-4-8-33-14-10-12(24)5-6-13(14)18(31-33)21-28-19(26)17-20(29-21)30-22(36)23(17,2)15(25)11-32(27)9-7-16(34)35/h5-6,10-11H,3-4,7-9,25,27H2,1-2H3,(H,34,35)(H3,26,28,29,30,36)/b15-11-. The van der Waals surface area contributed by atoms with E-state index in [4.69, 9.17) is 39.1 Å². The minimum Gasteiger partial charge on any atom is -0.481 e. The fourth-order valence-corrected chi connectivity index (χ4v) is 4.34. The quantitative estimate of drug-likeness (QED) is 0.209. The highest BCUT2D eigenvalue weighted by Gasteiger charge is 2.48. The van der Waals surface area contributed by atoms with Crippen LogP contribution in [0.4, 0.5) is 11.6 Å². The van der Waals surface area contributed by atoms with Gasteiger partial charge in [-0.25, -0.2) is 15.8 Å². The van der Waals surface area contributed by atoms with Gasteiger partial charge < -0.3 is 26.9 Å². The van der Waals surface area contributed by atoms with E-state index in [0.29, 0.717) is 22.8 Å². The van der Waals surface area contributed by atoms with Crippen molar-refractivity contribution in [2.75, 3.05) is 17.6 Å². The maximum absolute atomic E-state index is 13.1. The fraction of sp³-hybridized carbons (Fsp3) is 0.348. The Morgan fingerprint density at radius 1 is 1.36 bits per heavy atom. The number of aliphatic carboxylic acids is 1. The number of carbonyl (C=O) groups excluding carboxylic acids is 1. The number of nitrogens with two attached hydrogens (primary N) is 3. The molecule has 0 bridgehead atoms. The first-order valence-corrected chi connectivity index (χ1v) is 11.8. The summed E-state index contributed by atoms with van der Waals surface area (Å²) in [6, 6.07) is 5.46. The molecule has 0 aliphatic carbocycles. The van der Waals surface area contributed by atoms with Crippen LogP contribution in [0.25, 0.3) is 22.4 Å². The number of benzene rings is 1. The van der Waals surface area contributed by atoms with Crippen molar-refractivity contribution in [3.63, 3.8) is 0 Å². The Balaban J connectivity index is 1.77. The van der Waals surface area contributed by atoms with Crippen LogP contribution in [0.15, 0.2) is 30.1 Å². The average molecular weight is 514 g/mol. The molecule has 36 heavy (non-hydrogen) atoms. The third-order valence-electron chi connectivity index (χ3n) is 6.24. The van der Waals surface area contributed by atoms with E-state index in [9.17, 15) is 9.59 Å². The SMILES string of the molecule is CCCCn1nc(-c2nc(N)c3c(n2)NC(=O)C3(C)/C(N)=C/N(N)CCC(=O)O)c2ccc(Cl)cc21. The summed E-state index contributed by atoms with van der Waals surface area (Å²) in [5.41, 5.74) is 13.0. The molecule has 0 fully saturated rings. The lowest BCUT2D eigenvalue weighted by Crippen LogP contribution is -2.40. The van der Waals surface area contributed by atoms with E-state index < -0.39 is 17.3 Å². The molecule has 0 saturated carbocycles. The molecule has 8 N–H and O–H groups in total. The number of unbranched alkanes of at least 4 members (excludes halogenated alkanes) is 1. The van der Waals surface area contributed by atoms with Crippen molar-refractivity contribution in [3.05, 3.63) is 40.7 Å². The molecular formula is C23H28ClN9O3. The number of nitrogens with one attached hydrogen (secondary N) is 1. The smallest absolute Gasteiger partial charge is 0.305 e. The third kappa shape index (κ3) is 4.40. The number of hydrazine groups is 1. The Morgan fingerprint density at radius 3 is 2.81 bits per heavy atom. The second kappa shape index (κ2) is 9.63. The minimum absolute atomic E-state index is 0.00326. The Hall–Kier alpha value is -3.90. The van der Waals surface area contributed by atoms with Crippen molar-refractivity contribution in [1.82, 2.24) is 24.8 Å². The van der Waals surface area contributed by atoms with Gasteiger partial charge >= 0.3 is 5.97 Å². The molecule has 1 aromatic carbocycles. The van der Waals surface area contributed by atoms with Crippen LogP contribution in [0.1, 0.15) is 38.7 Å². The number of nitrogens with zero attached hydrogens (tertiary/aromatic N) is 5. The van der Waals surface area contributed by atoms with Gasteiger partial charge in [-0.15, -0.1) is 0 Å². The maximum atomic E-state index is 13.1. The Morgan fingerprint density at radius 2 is 2.11 bits per heavy atom. The van der Waals surface area contributed by atoms with Crippen LogP contribution in [-0.4, -0.2) is 48.3 Å². The second-order valence-corrected chi connectivity index (χ2v) is 9.22. The van der Waals surface area contributed by atoms with Gasteiger partial charge in [0, 0.05) is 35.4 Å². The molecule has 0 saturated heterocycles. The molecule has 3 aromatic rings. The number of carboxylic acids is 1. The number of carboxylic acid groups (broad SMARTS) is 1. The van der Waals surface area contributed by atoms with E-state index in [0.717, 1.165) is 28.8 Å². The zero-order chi connectivity index (χ0) is 26.2. The Kier molecular flexibility index (Phi) is 6.74. The van der Waals surface area contributed by atoms with Crippen molar-refractivity contribution < 1.29 is 14.7 Å². The van der Waals surface area contributed by atoms with E-state index >= 15 is 0 Å². The predicted octanol–water partition coefficient (Wildman–Crippen LogP) is 2.19. The van der Waals surface area contributed by atoms with Crippen molar-refractivity contribution in [2.45, 2.75) is 45.1 Å². The van der Waals surface area contributed by atoms with E-state index in [1.54, 1.807) is 13.0 Å². The highest BCUT2D eigenvalue weighted by Crippen LogP contribution is 2.44. The molecule has 2 aromatic heterocycles. The van der Waals surface area contributed by atoms with E-state index in [2.05, 4.69) is 22.2 Å². The summed E-state index contributed by atoms with van der Waals surface area (Å²) in [4.78, 5) is 33.0. The number of rotatable bonds is 9. The number of hydrogen-bond acceptors (Lipinski definition) is 9. The maximum Gasteiger partial charge on any atom is 0.305 e. The molecule has 0 spiro atoms. The van der Waals surface area contributed by atoms with Crippen LogP contribution in [0.2, 0.25) is 5.02 Å². The number of hydrogen-bond donors (Lipinski definition) is 5. The molecule has 13 heteroatoms. The van der Waals surface area contributed by atoms with Crippen LogP contribution in [0.5, 0.6) is 0 Å². The van der Waals surface area contributed by atoms with Crippen molar-refractivity contribution in [3.8, 4) is 11.5 Å². The van der Waals surface area contributed by atoms with Gasteiger partial charge in [-0.2, -0.15) is 5.10 Å². The van der Waals surface area contributed by atoms with Gasteiger partial charge in [-0.05, 0) is 31.5 Å². The molecule has 190 valence electrons. The van der Waals surface area contributed by atoms with Gasteiger partial charge in [0.25, 0.3) is 0 Å². The molecule has 3 heterocycles. The van der Waals surface area contributed by atoms with Crippen molar-refractivity contribution in [2.24, 2.45) is 11.6 Å². The van der Waals surface area contributed by atoms with E-state index in [1.165, 1.54) is 6.20 Å². The first-order valence-electron chi connectivity index (χ1n) is 11.4. The highest BCUT2D eigenvalue weighted by atomic mass is 35.5. The number of anilines is 2. The molecule has 1 aliphatic rings. The summed E-state index contributed by atoms with van der Waals surface area (Å²) in [7, 11) is 0. The molecular weight excluding hydrogens is 486 g/mol. The highest BCUT2D eigenvalue weighted by molar-refractivity contribution is 6.31. The van der Waals surface area contributed by atoms with Gasteiger partial charge in [-0.3, -0.25) is 14.3 Å². The summed E-state index contributed by atoms with van der Waals surface area (Å²) in [6.07, 6.45) is 3.05. The van der Waals surface area contributed by atoms with Crippen LogP contribution >= 0.6 is 11.6 Å². The first-order chi connectivity index (χ1) is 17.1. The van der Waals surface area contributed by atoms with E-state index in [1.807, 2.05) is 16.8 Å². The normalized spacial score (nSPS) is 17.3. The van der Waals surface area contributed by atoms with Gasteiger partial charge in [-0.1, -0.05) is 24.9 Å². The van der Waals surface area contributed by atoms with Gasteiger partial charge in [0.2, 0.25) is 5.91 Å². The molecule has 0 radical (unpaired) electrons. The van der Waals surface area contributed by atoms with E-state index in [-0.39, 0.29) is 36.1 Å². The second-order valence-electron chi connectivity index (χ2n) is 8.79. The lowest BCUT2D eigenvalue weighted by atomic mass is 9.81. The van der Waals surface area contributed by atoms with Crippen LogP contribution in [-0.2, 0) is 21.5 Å². The lowest BCUT2D eigenvalue weighted by molar-refractivity contribution is -0.137. The van der Waals surface area contributed by atoms with Crippen LogP contribution in [0, 0.1) is 0 Å². The third-order valence-corrected chi connectivity index (χ3v) is 6.47. The Labute approximate surface area is 212 Å². The van der Waals surface area contributed by atoms with Crippen molar-refractivity contribution in [1.29, 1.82) is 0 Å². The summed E-state index contributed by atoms with van der Waals surface area (Å²) >= 11 is 6.23. The minimum atomic E-state index is -1.41.